The zero-order valence-electron chi connectivity index (χ0n) is 21.1. The van der Waals surface area contributed by atoms with Gasteiger partial charge >= 0.3 is 0 Å². The fourth-order valence-corrected chi connectivity index (χ4v) is 5.42. The Bertz CT molecular complexity index is 1440. The molecule has 1 N–H and O–H groups in total. The zero-order chi connectivity index (χ0) is 25.8. The molecule has 38 heavy (non-hydrogen) atoms. The highest BCUT2D eigenvalue weighted by Crippen LogP contribution is 2.44. The molecule has 5 aromatic rings. The molecular weight excluding hydrogens is 466 g/mol. The first-order valence-corrected chi connectivity index (χ1v) is 12.8. The van der Waals surface area contributed by atoms with Crippen LogP contribution >= 0.6 is 0 Å². The number of aromatic hydroxyl groups is 1. The molecule has 0 aliphatic carbocycles. The van der Waals surface area contributed by atoms with Gasteiger partial charge in [-0.05, 0) is 41.0 Å². The van der Waals surface area contributed by atoms with Crippen molar-refractivity contribution >= 4 is 5.69 Å². The van der Waals surface area contributed by atoms with Crippen molar-refractivity contribution in [1.29, 1.82) is 0 Å². The van der Waals surface area contributed by atoms with Crippen LogP contribution in [0.5, 0.6) is 5.75 Å². The molecule has 1 aliphatic heterocycles. The van der Waals surface area contributed by atoms with E-state index in [9.17, 15) is 5.11 Å². The molecule has 0 saturated carbocycles. The van der Waals surface area contributed by atoms with Gasteiger partial charge in [-0.1, -0.05) is 109 Å². The number of phenols is 1. The molecule has 0 fully saturated rings. The van der Waals surface area contributed by atoms with Gasteiger partial charge in [0.05, 0.1) is 35.7 Å². The number of nitrogens with zero attached hydrogens (tertiary/aromatic N) is 3. The minimum atomic E-state index is -0.567. The summed E-state index contributed by atoms with van der Waals surface area (Å²) in [7, 11) is 0. The standard InChI is InChI=1S/C34H29N3O/c38-32-21-11-10-20-31(32)37-24-23-36(26-37)25-30-19-12-22-33(35-30)34(27-13-4-1-5-14-27,28-15-6-2-7-16-28)29-17-8-3-9-18-29/h1-24,38H,25-26H2. The van der Waals surface area contributed by atoms with Crippen molar-refractivity contribution < 1.29 is 5.11 Å². The van der Waals surface area contributed by atoms with Crippen LogP contribution in [0.25, 0.3) is 0 Å². The minimum Gasteiger partial charge on any atom is -0.506 e. The Morgan fingerprint density at radius 3 is 1.74 bits per heavy atom. The Kier molecular flexibility index (Phi) is 6.37. The first-order chi connectivity index (χ1) is 18.7. The van der Waals surface area contributed by atoms with Crippen molar-refractivity contribution in [1.82, 2.24) is 9.88 Å². The molecule has 1 aromatic heterocycles. The monoisotopic (exact) mass is 495 g/mol. The van der Waals surface area contributed by atoms with Crippen LogP contribution in [-0.4, -0.2) is 21.7 Å². The molecule has 2 heterocycles. The second-order valence-electron chi connectivity index (χ2n) is 9.51. The van der Waals surface area contributed by atoms with Gasteiger partial charge in [0.25, 0.3) is 0 Å². The van der Waals surface area contributed by atoms with Gasteiger partial charge in [-0.2, -0.15) is 0 Å². The van der Waals surface area contributed by atoms with E-state index in [0.717, 1.165) is 17.1 Å². The number of aromatic nitrogens is 1. The molecule has 0 bridgehead atoms. The summed E-state index contributed by atoms with van der Waals surface area (Å²) in [5, 5.41) is 10.3. The predicted octanol–water partition coefficient (Wildman–Crippen LogP) is 6.92. The van der Waals surface area contributed by atoms with Crippen LogP contribution in [0, 0.1) is 0 Å². The first-order valence-electron chi connectivity index (χ1n) is 12.8. The van der Waals surface area contributed by atoms with Crippen LogP contribution in [0.3, 0.4) is 0 Å². The maximum Gasteiger partial charge on any atom is 0.139 e. The fraction of sp³-hybridized carbons (Fsp3) is 0.0882. The summed E-state index contributed by atoms with van der Waals surface area (Å²) in [4.78, 5) is 9.55. The summed E-state index contributed by atoms with van der Waals surface area (Å²) in [6.45, 7) is 1.30. The van der Waals surface area contributed by atoms with Gasteiger partial charge in [-0.25, -0.2) is 0 Å². The number of rotatable bonds is 7. The molecule has 0 unspecified atom stereocenters. The van der Waals surface area contributed by atoms with E-state index in [4.69, 9.17) is 4.98 Å². The topological polar surface area (TPSA) is 39.6 Å². The van der Waals surface area contributed by atoms with E-state index in [0.29, 0.717) is 13.2 Å². The molecule has 0 saturated heterocycles. The minimum absolute atomic E-state index is 0.275. The smallest absolute Gasteiger partial charge is 0.139 e. The van der Waals surface area contributed by atoms with Crippen molar-refractivity contribution in [2.24, 2.45) is 0 Å². The third kappa shape index (κ3) is 4.31. The van der Waals surface area contributed by atoms with Gasteiger partial charge in [0.15, 0.2) is 0 Å². The average molecular weight is 496 g/mol. The Morgan fingerprint density at radius 1 is 0.605 bits per heavy atom. The van der Waals surface area contributed by atoms with Crippen LogP contribution < -0.4 is 4.90 Å². The summed E-state index contributed by atoms with van der Waals surface area (Å²) in [6.07, 6.45) is 4.06. The van der Waals surface area contributed by atoms with Crippen molar-refractivity contribution in [2.45, 2.75) is 12.0 Å². The van der Waals surface area contributed by atoms with E-state index >= 15 is 0 Å². The van der Waals surface area contributed by atoms with Gasteiger partial charge < -0.3 is 14.9 Å². The van der Waals surface area contributed by atoms with Gasteiger partial charge in [0.1, 0.15) is 5.75 Å². The summed E-state index contributed by atoms with van der Waals surface area (Å²) < 4.78 is 0. The van der Waals surface area contributed by atoms with E-state index < -0.39 is 5.41 Å². The molecule has 4 heteroatoms. The lowest BCUT2D eigenvalue weighted by Gasteiger charge is -2.36. The van der Waals surface area contributed by atoms with Crippen molar-refractivity contribution in [2.75, 3.05) is 11.6 Å². The second kappa shape index (κ2) is 10.3. The van der Waals surface area contributed by atoms with Crippen LogP contribution in [0.1, 0.15) is 28.1 Å². The van der Waals surface area contributed by atoms with E-state index in [2.05, 4.69) is 120 Å². The number of pyridine rings is 1. The molecule has 0 amide bonds. The van der Waals surface area contributed by atoms with Crippen LogP contribution in [0.4, 0.5) is 5.69 Å². The van der Waals surface area contributed by atoms with Gasteiger partial charge in [0, 0.05) is 12.4 Å². The highest BCUT2D eigenvalue weighted by Gasteiger charge is 2.39. The predicted molar refractivity (Wildman–Crippen MR) is 153 cm³/mol. The number of anilines is 1. The third-order valence-corrected chi connectivity index (χ3v) is 7.16. The van der Waals surface area contributed by atoms with E-state index in [1.807, 2.05) is 29.3 Å². The number of para-hydroxylation sites is 2. The lowest BCUT2D eigenvalue weighted by molar-refractivity contribution is 0.392. The van der Waals surface area contributed by atoms with Crippen LogP contribution in [0.15, 0.2) is 146 Å². The Balaban J connectivity index is 1.41. The lowest BCUT2D eigenvalue weighted by Crippen LogP contribution is -2.32. The molecule has 0 atom stereocenters. The second-order valence-corrected chi connectivity index (χ2v) is 9.51. The highest BCUT2D eigenvalue weighted by molar-refractivity contribution is 5.60. The Labute approximate surface area is 223 Å². The highest BCUT2D eigenvalue weighted by atomic mass is 16.3. The summed E-state index contributed by atoms with van der Waals surface area (Å²) in [5.41, 5.74) is 5.72. The largest absolute Gasteiger partial charge is 0.506 e. The maximum absolute atomic E-state index is 10.3. The molecule has 4 nitrogen and oxygen atoms in total. The molecule has 6 rings (SSSR count). The van der Waals surface area contributed by atoms with Crippen molar-refractivity contribution in [3.63, 3.8) is 0 Å². The number of benzene rings is 4. The number of hydrogen-bond donors (Lipinski definition) is 1. The van der Waals surface area contributed by atoms with Crippen LogP contribution in [0.2, 0.25) is 0 Å². The number of phenolic OH excluding ortho intramolecular Hbond substituents is 1. The lowest BCUT2D eigenvalue weighted by atomic mass is 9.67. The quantitative estimate of drug-likeness (QED) is 0.249. The van der Waals surface area contributed by atoms with E-state index in [1.54, 1.807) is 6.07 Å². The maximum atomic E-state index is 10.3. The van der Waals surface area contributed by atoms with Gasteiger partial charge in [-0.15, -0.1) is 0 Å². The van der Waals surface area contributed by atoms with E-state index in [-0.39, 0.29) is 5.75 Å². The molecule has 186 valence electrons. The third-order valence-electron chi connectivity index (χ3n) is 7.16. The average Bonchev–Trinajstić information content (AvgIpc) is 3.44. The molecule has 0 spiro atoms. The normalized spacial score (nSPS) is 13.2. The van der Waals surface area contributed by atoms with Gasteiger partial charge in [0.2, 0.25) is 0 Å². The summed E-state index contributed by atoms with van der Waals surface area (Å²) in [5.74, 6) is 0.275. The van der Waals surface area contributed by atoms with Crippen molar-refractivity contribution in [3.05, 3.63) is 174 Å². The van der Waals surface area contributed by atoms with Crippen LogP contribution in [-0.2, 0) is 12.0 Å². The van der Waals surface area contributed by atoms with E-state index in [1.165, 1.54) is 16.7 Å². The Hall–Kier alpha value is -4.83. The SMILES string of the molecule is Oc1ccccc1N1C=CN(Cc2cccc(C(c3ccccc3)(c3ccccc3)c3ccccc3)n2)C1. The molecular formula is C34H29N3O. The summed E-state index contributed by atoms with van der Waals surface area (Å²) >= 11 is 0. The fourth-order valence-electron chi connectivity index (χ4n) is 5.42. The Morgan fingerprint density at radius 2 is 1.16 bits per heavy atom. The van der Waals surface area contributed by atoms with Gasteiger partial charge in [-0.3, -0.25) is 4.98 Å². The molecule has 0 radical (unpaired) electrons. The number of hydrogen-bond acceptors (Lipinski definition) is 4. The molecule has 4 aromatic carbocycles. The first kappa shape index (κ1) is 23.6. The molecule has 1 aliphatic rings. The van der Waals surface area contributed by atoms with Crippen molar-refractivity contribution in [3.8, 4) is 5.75 Å². The zero-order valence-corrected chi connectivity index (χ0v) is 21.1. The summed E-state index contributed by atoms with van der Waals surface area (Å²) in [6, 6.07) is 45.7.